The standard InChI is InChI=1S/C46H28N4/c1-2-7-31-24-38(16-12-29(31)6-1)44-48-45(50-46(49-44)40-18-15-36-22-32-8-3-4-9-33(32)25-42(36)28-40)39-17-13-30-11-14-34(26-41(30)27-39)35-19-20-43-37(23-35)10-5-21-47-43/h1-28H. The fourth-order valence-electron chi connectivity index (χ4n) is 6.99. The Kier molecular flexibility index (Phi) is 6.46. The van der Waals surface area contributed by atoms with E-state index in [4.69, 9.17) is 15.0 Å². The van der Waals surface area contributed by atoms with Crippen molar-refractivity contribution in [2.75, 3.05) is 0 Å². The Morgan fingerprint density at radius 2 is 0.640 bits per heavy atom. The van der Waals surface area contributed by atoms with Gasteiger partial charge in [0.2, 0.25) is 0 Å². The van der Waals surface area contributed by atoms with Gasteiger partial charge in [0.15, 0.2) is 17.5 Å². The first-order valence-corrected chi connectivity index (χ1v) is 16.8. The lowest BCUT2D eigenvalue weighted by Gasteiger charge is -2.11. The van der Waals surface area contributed by atoms with E-state index < -0.39 is 0 Å². The van der Waals surface area contributed by atoms with E-state index in [0.29, 0.717) is 17.5 Å². The number of hydrogen-bond acceptors (Lipinski definition) is 4. The van der Waals surface area contributed by atoms with Gasteiger partial charge in [-0.25, -0.2) is 15.0 Å². The highest BCUT2D eigenvalue weighted by Gasteiger charge is 2.14. The average Bonchev–Trinajstić information content (AvgIpc) is 3.18. The highest BCUT2D eigenvalue weighted by molar-refractivity contribution is 6.00. The van der Waals surface area contributed by atoms with Gasteiger partial charge in [-0.1, -0.05) is 109 Å². The molecule has 0 saturated carbocycles. The van der Waals surface area contributed by atoms with E-state index in [2.05, 4.69) is 163 Å². The lowest BCUT2D eigenvalue weighted by atomic mass is 9.98. The Bertz CT molecular complexity index is 2950. The molecule has 10 aromatic rings. The monoisotopic (exact) mass is 636 g/mol. The number of hydrogen-bond donors (Lipinski definition) is 0. The summed E-state index contributed by atoms with van der Waals surface area (Å²) in [7, 11) is 0. The quantitative estimate of drug-likeness (QED) is 0.180. The highest BCUT2D eigenvalue weighted by Crippen LogP contribution is 2.33. The summed E-state index contributed by atoms with van der Waals surface area (Å²) in [6, 6.07) is 57.8. The Hall–Kier alpha value is -6.78. The van der Waals surface area contributed by atoms with Gasteiger partial charge in [0, 0.05) is 28.3 Å². The normalized spacial score (nSPS) is 11.6. The van der Waals surface area contributed by atoms with Crippen molar-refractivity contribution in [2.24, 2.45) is 0 Å². The van der Waals surface area contributed by atoms with Gasteiger partial charge in [0.05, 0.1) is 5.52 Å². The zero-order valence-corrected chi connectivity index (χ0v) is 27.0. The maximum absolute atomic E-state index is 5.12. The zero-order chi connectivity index (χ0) is 33.0. The molecular formula is C46H28N4. The first-order valence-electron chi connectivity index (χ1n) is 16.8. The molecule has 0 aliphatic heterocycles. The molecule has 4 heteroatoms. The number of nitrogens with zero attached hydrogens (tertiary/aromatic N) is 4. The molecule has 50 heavy (non-hydrogen) atoms. The van der Waals surface area contributed by atoms with E-state index in [0.717, 1.165) is 60.3 Å². The molecule has 0 atom stereocenters. The van der Waals surface area contributed by atoms with Crippen LogP contribution >= 0.6 is 0 Å². The molecule has 2 aromatic heterocycles. The molecule has 232 valence electrons. The van der Waals surface area contributed by atoms with Crippen molar-refractivity contribution in [3.63, 3.8) is 0 Å². The summed E-state index contributed by atoms with van der Waals surface area (Å²) in [5.74, 6) is 1.93. The minimum absolute atomic E-state index is 0.640. The number of fused-ring (bicyclic) bond motifs is 5. The third-order valence-electron chi connectivity index (χ3n) is 9.64. The van der Waals surface area contributed by atoms with Gasteiger partial charge in [0.25, 0.3) is 0 Å². The molecule has 0 aliphatic carbocycles. The third kappa shape index (κ3) is 5.02. The van der Waals surface area contributed by atoms with Crippen molar-refractivity contribution in [1.29, 1.82) is 0 Å². The summed E-state index contributed by atoms with van der Waals surface area (Å²) in [5, 5.41) is 10.5. The first-order chi connectivity index (χ1) is 24.7. The second-order valence-electron chi connectivity index (χ2n) is 12.8. The van der Waals surface area contributed by atoms with E-state index in [1.54, 1.807) is 0 Å². The number of benzene rings is 8. The van der Waals surface area contributed by atoms with Crippen LogP contribution in [0.2, 0.25) is 0 Å². The number of aromatic nitrogens is 4. The molecular weight excluding hydrogens is 609 g/mol. The van der Waals surface area contributed by atoms with Crippen LogP contribution in [0.25, 0.3) is 99.3 Å². The molecule has 0 N–H and O–H groups in total. The Morgan fingerprint density at radius 1 is 0.260 bits per heavy atom. The summed E-state index contributed by atoms with van der Waals surface area (Å²) in [6.07, 6.45) is 1.83. The van der Waals surface area contributed by atoms with Gasteiger partial charge < -0.3 is 0 Å². The fraction of sp³-hybridized carbons (Fsp3) is 0. The second kappa shape index (κ2) is 11.4. The van der Waals surface area contributed by atoms with E-state index in [1.807, 2.05) is 12.3 Å². The minimum Gasteiger partial charge on any atom is -0.256 e. The van der Waals surface area contributed by atoms with Crippen LogP contribution in [0.5, 0.6) is 0 Å². The molecule has 0 radical (unpaired) electrons. The largest absolute Gasteiger partial charge is 0.256 e. The Morgan fingerprint density at radius 3 is 1.28 bits per heavy atom. The lowest BCUT2D eigenvalue weighted by molar-refractivity contribution is 1.08. The SMILES string of the molecule is c1ccc2cc(-c3nc(-c4ccc5ccc(-c6ccc7ncccc7c6)cc5c4)nc(-c4ccc5cc6ccccc6cc5c4)n3)ccc2c1. The lowest BCUT2D eigenvalue weighted by Crippen LogP contribution is -2.00. The third-order valence-corrected chi connectivity index (χ3v) is 9.64. The molecule has 0 amide bonds. The van der Waals surface area contributed by atoms with Crippen molar-refractivity contribution in [1.82, 2.24) is 19.9 Å². The molecule has 10 rings (SSSR count). The van der Waals surface area contributed by atoms with Gasteiger partial charge in [0.1, 0.15) is 0 Å². The maximum atomic E-state index is 5.12. The Balaban J connectivity index is 1.13. The van der Waals surface area contributed by atoms with Gasteiger partial charge >= 0.3 is 0 Å². The van der Waals surface area contributed by atoms with Crippen LogP contribution in [0.1, 0.15) is 0 Å². The van der Waals surface area contributed by atoms with Crippen LogP contribution in [0.15, 0.2) is 170 Å². The highest BCUT2D eigenvalue weighted by atomic mass is 15.0. The van der Waals surface area contributed by atoms with Crippen LogP contribution in [0.4, 0.5) is 0 Å². The fourth-order valence-corrected chi connectivity index (χ4v) is 6.99. The molecule has 2 heterocycles. The van der Waals surface area contributed by atoms with E-state index in [9.17, 15) is 0 Å². The molecule has 0 aliphatic rings. The van der Waals surface area contributed by atoms with E-state index in [-0.39, 0.29) is 0 Å². The van der Waals surface area contributed by atoms with Gasteiger partial charge in [-0.2, -0.15) is 0 Å². The molecule has 0 unspecified atom stereocenters. The van der Waals surface area contributed by atoms with Crippen LogP contribution in [0.3, 0.4) is 0 Å². The molecule has 0 fully saturated rings. The minimum atomic E-state index is 0.640. The van der Waals surface area contributed by atoms with Crippen LogP contribution < -0.4 is 0 Å². The van der Waals surface area contributed by atoms with Crippen molar-refractivity contribution in [3.05, 3.63) is 170 Å². The summed E-state index contributed by atoms with van der Waals surface area (Å²) >= 11 is 0. The summed E-state index contributed by atoms with van der Waals surface area (Å²) in [6.45, 7) is 0. The first kappa shape index (κ1) is 28.3. The van der Waals surface area contributed by atoms with Crippen LogP contribution in [-0.4, -0.2) is 19.9 Å². The van der Waals surface area contributed by atoms with E-state index >= 15 is 0 Å². The predicted molar refractivity (Wildman–Crippen MR) is 207 cm³/mol. The molecule has 4 nitrogen and oxygen atoms in total. The molecule has 0 saturated heterocycles. The average molecular weight is 637 g/mol. The predicted octanol–water partition coefficient (Wildman–Crippen LogP) is 11.7. The number of pyridine rings is 1. The summed E-state index contributed by atoms with van der Waals surface area (Å²) in [4.78, 5) is 19.8. The van der Waals surface area contributed by atoms with Gasteiger partial charge in [-0.3, -0.25) is 4.98 Å². The van der Waals surface area contributed by atoms with Crippen LogP contribution in [-0.2, 0) is 0 Å². The van der Waals surface area contributed by atoms with Crippen LogP contribution in [0, 0.1) is 0 Å². The Labute approximate surface area is 288 Å². The van der Waals surface area contributed by atoms with Gasteiger partial charge in [-0.05, 0) is 109 Å². The van der Waals surface area contributed by atoms with Crippen molar-refractivity contribution >= 4 is 54.0 Å². The molecule has 0 bridgehead atoms. The van der Waals surface area contributed by atoms with E-state index in [1.165, 1.54) is 21.5 Å². The summed E-state index contributed by atoms with van der Waals surface area (Å²) < 4.78 is 0. The van der Waals surface area contributed by atoms with Crippen molar-refractivity contribution < 1.29 is 0 Å². The summed E-state index contributed by atoms with van der Waals surface area (Å²) in [5.41, 5.74) is 6.14. The number of rotatable bonds is 4. The van der Waals surface area contributed by atoms with Crippen molar-refractivity contribution in [3.8, 4) is 45.3 Å². The maximum Gasteiger partial charge on any atom is 0.164 e. The second-order valence-corrected chi connectivity index (χ2v) is 12.8. The molecule has 0 spiro atoms. The zero-order valence-electron chi connectivity index (χ0n) is 27.0. The van der Waals surface area contributed by atoms with Crippen molar-refractivity contribution in [2.45, 2.75) is 0 Å². The van der Waals surface area contributed by atoms with Gasteiger partial charge in [-0.15, -0.1) is 0 Å². The smallest absolute Gasteiger partial charge is 0.164 e. The topological polar surface area (TPSA) is 51.6 Å². The molecule has 8 aromatic carbocycles.